The molecular formula is C20H23N3O3S. The number of hydrogen-bond acceptors (Lipinski definition) is 4. The van der Waals surface area contributed by atoms with Gasteiger partial charge in [-0.05, 0) is 41.5 Å². The highest BCUT2D eigenvalue weighted by molar-refractivity contribution is 7.17. The Bertz CT molecular complexity index is 1090. The molecule has 7 heteroatoms. The second-order valence-corrected chi connectivity index (χ2v) is 7.83. The average molecular weight is 385 g/mol. The molecule has 0 fully saturated rings. The molecule has 0 saturated carbocycles. The molecule has 0 unspecified atom stereocenters. The standard InChI is InChI=1S/C20H23N3O3S/c1-4-14-6-5-7-15(10-14)21-17(24)12-22-16-8-9-27-18(16)19(25)23(20(22)26)11-13(2)3/h5-10,13H,4,11-12H2,1-3H3,(H,21,24). The zero-order valence-electron chi connectivity index (χ0n) is 15.7. The molecule has 27 heavy (non-hydrogen) atoms. The van der Waals surface area contributed by atoms with Crippen LogP contribution < -0.4 is 16.6 Å². The molecule has 1 amide bonds. The lowest BCUT2D eigenvalue weighted by Crippen LogP contribution is -2.42. The van der Waals surface area contributed by atoms with Crippen LogP contribution >= 0.6 is 11.3 Å². The molecule has 6 nitrogen and oxygen atoms in total. The lowest BCUT2D eigenvalue weighted by Gasteiger charge is -2.14. The third kappa shape index (κ3) is 4.03. The SMILES string of the molecule is CCc1cccc(NC(=O)Cn2c(=O)n(CC(C)C)c(=O)c3sccc32)c1. The summed E-state index contributed by atoms with van der Waals surface area (Å²) in [6, 6.07) is 9.34. The van der Waals surface area contributed by atoms with Gasteiger partial charge < -0.3 is 5.32 Å². The number of aromatic nitrogens is 2. The molecule has 0 aliphatic rings. The van der Waals surface area contributed by atoms with E-state index >= 15 is 0 Å². The summed E-state index contributed by atoms with van der Waals surface area (Å²) in [4.78, 5) is 38.0. The molecule has 1 aromatic carbocycles. The van der Waals surface area contributed by atoms with Gasteiger partial charge in [-0.1, -0.05) is 32.9 Å². The maximum atomic E-state index is 12.9. The van der Waals surface area contributed by atoms with Gasteiger partial charge in [0.15, 0.2) is 0 Å². The fraction of sp³-hybridized carbons (Fsp3) is 0.350. The minimum Gasteiger partial charge on any atom is -0.325 e. The van der Waals surface area contributed by atoms with Crippen LogP contribution in [0.15, 0.2) is 45.3 Å². The average Bonchev–Trinajstić information content (AvgIpc) is 3.12. The van der Waals surface area contributed by atoms with Crippen LogP contribution in [-0.4, -0.2) is 15.0 Å². The number of rotatable bonds is 6. The highest BCUT2D eigenvalue weighted by Crippen LogP contribution is 2.16. The van der Waals surface area contributed by atoms with E-state index in [0.29, 0.717) is 22.4 Å². The lowest BCUT2D eigenvalue weighted by molar-refractivity contribution is -0.116. The van der Waals surface area contributed by atoms with Gasteiger partial charge in [0.05, 0.1) is 5.52 Å². The lowest BCUT2D eigenvalue weighted by atomic mass is 10.1. The molecule has 3 aromatic rings. The number of fused-ring (bicyclic) bond motifs is 1. The van der Waals surface area contributed by atoms with Gasteiger partial charge in [-0.3, -0.25) is 18.7 Å². The molecule has 0 bridgehead atoms. The van der Waals surface area contributed by atoms with E-state index in [0.717, 1.165) is 12.0 Å². The normalized spacial score (nSPS) is 11.3. The van der Waals surface area contributed by atoms with E-state index in [1.807, 2.05) is 45.0 Å². The van der Waals surface area contributed by atoms with Crippen molar-refractivity contribution in [3.8, 4) is 0 Å². The number of nitrogens with zero attached hydrogens (tertiary/aromatic N) is 2. The van der Waals surface area contributed by atoms with E-state index in [4.69, 9.17) is 0 Å². The van der Waals surface area contributed by atoms with Crippen LogP contribution in [0.5, 0.6) is 0 Å². The molecule has 0 saturated heterocycles. The minimum absolute atomic E-state index is 0.138. The van der Waals surface area contributed by atoms with E-state index in [2.05, 4.69) is 5.32 Å². The third-order valence-electron chi connectivity index (χ3n) is 4.30. The molecule has 0 aliphatic carbocycles. The summed E-state index contributed by atoms with van der Waals surface area (Å²) in [5.41, 5.74) is 1.59. The first kappa shape index (κ1) is 19.1. The van der Waals surface area contributed by atoms with Crippen LogP contribution in [0.2, 0.25) is 0 Å². The second-order valence-electron chi connectivity index (χ2n) is 6.92. The molecular weight excluding hydrogens is 362 g/mol. The Labute approximate surface area is 161 Å². The minimum atomic E-state index is -0.447. The van der Waals surface area contributed by atoms with Crippen molar-refractivity contribution >= 4 is 33.1 Å². The van der Waals surface area contributed by atoms with Crippen molar-refractivity contribution < 1.29 is 4.79 Å². The van der Waals surface area contributed by atoms with E-state index in [1.54, 1.807) is 11.4 Å². The number of amides is 1. The van der Waals surface area contributed by atoms with Crippen LogP contribution in [0.3, 0.4) is 0 Å². The molecule has 0 atom stereocenters. The van der Waals surface area contributed by atoms with E-state index in [9.17, 15) is 14.4 Å². The fourth-order valence-corrected chi connectivity index (χ4v) is 3.87. The van der Waals surface area contributed by atoms with Crippen molar-refractivity contribution in [1.82, 2.24) is 9.13 Å². The van der Waals surface area contributed by atoms with E-state index in [-0.39, 0.29) is 23.9 Å². The van der Waals surface area contributed by atoms with Crippen LogP contribution in [0.4, 0.5) is 5.69 Å². The van der Waals surface area contributed by atoms with Gasteiger partial charge in [-0.15, -0.1) is 11.3 Å². The number of carbonyl (C=O) groups excluding carboxylic acids is 1. The maximum absolute atomic E-state index is 12.9. The summed E-state index contributed by atoms with van der Waals surface area (Å²) >= 11 is 1.29. The quantitative estimate of drug-likeness (QED) is 0.709. The Morgan fingerprint density at radius 1 is 1.19 bits per heavy atom. The molecule has 2 aromatic heterocycles. The molecule has 1 N–H and O–H groups in total. The van der Waals surface area contributed by atoms with Crippen molar-refractivity contribution in [2.75, 3.05) is 5.32 Å². The van der Waals surface area contributed by atoms with Gasteiger partial charge in [0.25, 0.3) is 5.56 Å². The monoisotopic (exact) mass is 385 g/mol. The smallest absolute Gasteiger partial charge is 0.325 e. The van der Waals surface area contributed by atoms with Crippen molar-refractivity contribution in [3.05, 3.63) is 62.1 Å². The molecule has 0 radical (unpaired) electrons. The maximum Gasteiger partial charge on any atom is 0.332 e. The highest BCUT2D eigenvalue weighted by atomic mass is 32.1. The number of aryl methyl sites for hydroxylation is 1. The number of carbonyl (C=O) groups is 1. The van der Waals surface area contributed by atoms with Crippen LogP contribution in [0.25, 0.3) is 10.2 Å². The Morgan fingerprint density at radius 3 is 2.67 bits per heavy atom. The van der Waals surface area contributed by atoms with Gasteiger partial charge in [0.1, 0.15) is 11.2 Å². The molecule has 0 spiro atoms. The molecule has 3 rings (SSSR count). The number of thiophene rings is 1. The van der Waals surface area contributed by atoms with Crippen LogP contribution in [0.1, 0.15) is 26.3 Å². The highest BCUT2D eigenvalue weighted by Gasteiger charge is 2.17. The predicted octanol–water partition coefficient (Wildman–Crippen LogP) is 3.08. The summed E-state index contributed by atoms with van der Waals surface area (Å²) in [6.45, 7) is 6.13. The van der Waals surface area contributed by atoms with Crippen molar-refractivity contribution in [1.29, 1.82) is 0 Å². The zero-order chi connectivity index (χ0) is 19.6. The number of anilines is 1. The topological polar surface area (TPSA) is 73.1 Å². The van der Waals surface area contributed by atoms with Gasteiger partial charge >= 0.3 is 5.69 Å². The first-order valence-electron chi connectivity index (χ1n) is 9.00. The molecule has 142 valence electrons. The van der Waals surface area contributed by atoms with Gasteiger partial charge in [-0.25, -0.2) is 4.79 Å². The Balaban J connectivity index is 1.96. The Kier molecular flexibility index (Phi) is 5.60. The predicted molar refractivity (Wildman–Crippen MR) is 110 cm³/mol. The molecule has 2 heterocycles. The third-order valence-corrected chi connectivity index (χ3v) is 5.20. The fourth-order valence-electron chi connectivity index (χ4n) is 3.03. The van der Waals surface area contributed by atoms with E-state index in [1.165, 1.54) is 20.5 Å². The number of hydrogen-bond donors (Lipinski definition) is 1. The summed E-state index contributed by atoms with van der Waals surface area (Å²) in [5.74, 6) is -0.153. The van der Waals surface area contributed by atoms with Crippen molar-refractivity contribution in [3.63, 3.8) is 0 Å². The largest absolute Gasteiger partial charge is 0.332 e. The summed E-state index contributed by atoms with van der Waals surface area (Å²) < 4.78 is 3.11. The van der Waals surface area contributed by atoms with Gasteiger partial charge in [0, 0.05) is 12.2 Å². The number of nitrogens with one attached hydrogen (secondary N) is 1. The van der Waals surface area contributed by atoms with Crippen molar-refractivity contribution in [2.24, 2.45) is 5.92 Å². The van der Waals surface area contributed by atoms with Gasteiger partial charge in [0.2, 0.25) is 5.91 Å². The van der Waals surface area contributed by atoms with Gasteiger partial charge in [-0.2, -0.15) is 0 Å². The zero-order valence-corrected chi connectivity index (χ0v) is 16.5. The summed E-state index contributed by atoms with van der Waals surface area (Å²) in [7, 11) is 0. The Morgan fingerprint density at radius 2 is 1.96 bits per heavy atom. The first-order chi connectivity index (χ1) is 12.9. The first-order valence-corrected chi connectivity index (χ1v) is 9.88. The second kappa shape index (κ2) is 7.92. The Hall–Kier alpha value is -2.67. The van der Waals surface area contributed by atoms with Crippen LogP contribution in [0, 0.1) is 5.92 Å². The number of benzene rings is 1. The van der Waals surface area contributed by atoms with Crippen molar-refractivity contribution in [2.45, 2.75) is 40.3 Å². The van der Waals surface area contributed by atoms with Crippen LogP contribution in [-0.2, 0) is 24.3 Å². The summed E-state index contributed by atoms with van der Waals surface area (Å²) in [5, 5.41) is 4.61. The van der Waals surface area contributed by atoms with E-state index < -0.39 is 5.69 Å². The molecule has 0 aliphatic heterocycles. The summed E-state index contributed by atoms with van der Waals surface area (Å²) in [6.07, 6.45) is 0.874.